The van der Waals surface area contributed by atoms with Crippen molar-refractivity contribution >= 4 is 21.6 Å². The Morgan fingerprint density at radius 2 is 1.84 bits per heavy atom. The van der Waals surface area contributed by atoms with Crippen LogP contribution in [-0.4, -0.2) is 62.9 Å². The minimum absolute atomic E-state index is 0.177. The summed E-state index contributed by atoms with van der Waals surface area (Å²) in [6.07, 6.45) is 1.67. The number of anilines is 1. The SMILES string of the molecule is O=C(Nc1ccc(F)c(S(=O)(=O)N2CCOCC2)c1)C1CCCN(Cc2ccccc2)C1. The number of likely N-dealkylation sites (tertiary alicyclic amines) is 1. The van der Waals surface area contributed by atoms with Gasteiger partial charge in [-0.3, -0.25) is 9.69 Å². The van der Waals surface area contributed by atoms with Crippen LogP contribution in [0, 0.1) is 11.7 Å². The van der Waals surface area contributed by atoms with E-state index < -0.39 is 20.7 Å². The third kappa shape index (κ3) is 5.35. The largest absolute Gasteiger partial charge is 0.379 e. The molecular weight excluding hydrogens is 433 g/mol. The molecule has 0 spiro atoms. The number of hydrogen-bond acceptors (Lipinski definition) is 5. The fourth-order valence-corrected chi connectivity index (χ4v) is 5.70. The van der Waals surface area contributed by atoms with Gasteiger partial charge in [-0.15, -0.1) is 0 Å². The smallest absolute Gasteiger partial charge is 0.246 e. The summed E-state index contributed by atoms with van der Waals surface area (Å²) >= 11 is 0. The highest BCUT2D eigenvalue weighted by molar-refractivity contribution is 7.89. The van der Waals surface area contributed by atoms with Crippen molar-refractivity contribution in [2.75, 3.05) is 44.7 Å². The molecule has 0 aliphatic carbocycles. The summed E-state index contributed by atoms with van der Waals surface area (Å²) in [7, 11) is -4.00. The van der Waals surface area contributed by atoms with E-state index in [-0.39, 0.29) is 43.8 Å². The first-order chi connectivity index (χ1) is 15.4. The molecule has 7 nitrogen and oxygen atoms in total. The highest BCUT2D eigenvalue weighted by Crippen LogP contribution is 2.25. The number of rotatable bonds is 6. The maximum atomic E-state index is 14.4. The number of carbonyl (C=O) groups is 1. The highest BCUT2D eigenvalue weighted by Gasteiger charge is 2.30. The lowest BCUT2D eigenvalue weighted by atomic mass is 9.96. The minimum Gasteiger partial charge on any atom is -0.379 e. The molecular formula is C23H28FN3O4S. The van der Waals surface area contributed by atoms with Gasteiger partial charge in [0.2, 0.25) is 15.9 Å². The van der Waals surface area contributed by atoms with Crippen LogP contribution in [0.3, 0.4) is 0 Å². The van der Waals surface area contributed by atoms with Gasteiger partial charge in [-0.05, 0) is 43.1 Å². The molecule has 2 saturated heterocycles. The van der Waals surface area contributed by atoms with E-state index in [9.17, 15) is 17.6 Å². The first kappa shape index (κ1) is 22.8. The summed E-state index contributed by atoms with van der Waals surface area (Å²) in [4.78, 5) is 14.7. The van der Waals surface area contributed by atoms with Crippen LogP contribution in [0.2, 0.25) is 0 Å². The number of benzene rings is 2. The van der Waals surface area contributed by atoms with Gasteiger partial charge in [0.05, 0.1) is 19.1 Å². The Morgan fingerprint density at radius 1 is 1.09 bits per heavy atom. The lowest BCUT2D eigenvalue weighted by Gasteiger charge is -2.32. The number of sulfonamides is 1. The Labute approximate surface area is 188 Å². The third-order valence-electron chi connectivity index (χ3n) is 5.91. The van der Waals surface area contributed by atoms with E-state index in [1.54, 1.807) is 0 Å². The van der Waals surface area contributed by atoms with Crippen molar-refractivity contribution in [2.45, 2.75) is 24.3 Å². The van der Waals surface area contributed by atoms with Gasteiger partial charge in [0, 0.05) is 31.9 Å². The first-order valence-corrected chi connectivity index (χ1v) is 12.3. The van der Waals surface area contributed by atoms with E-state index in [4.69, 9.17) is 4.74 Å². The molecule has 2 aromatic carbocycles. The number of ether oxygens (including phenoxy) is 1. The van der Waals surface area contributed by atoms with E-state index in [2.05, 4.69) is 22.3 Å². The van der Waals surface area contributed by atoms with Gasteiger partial charge in [-0.2, -0.15) is 4.31 Å². The molecule has 2 aliphatic heterocycles. The third-order valence-corrected chi connectivity index (χ3v) is 7.83. The van der Waals surface area contributed by atoms with Gasteiger partial charge in [0.1, 0.15) is 10.7 Å². The molecule has 1 N–H and O–H groups in total. The Bertz CT molecular complexity index is 1040. The van der Waals surface area contributed by atoms with Gasteiger partial charge in [-0.25, -0.2) is 12.8 Å². The van der Waals surface area contributed by atoms with Crippen LogP contribution in [0.1, 0.15) is 18.4 Å². The van der Waals surface area contributed by atoms with Crippen LogP contribution < -0.4 is 5.32 Å². The Balaban J connectivity index is 1.43. The van der Waals surface area contributed by atoms with Crippen LogP contribution in [0.25, 0.3) is 0 Å². The quantitative estimate of drug-likeness (QED) is 0.716. The van der Waals surface area contributed by atoms with Crippen LogP contribution in [0.5, 0.6) is 0 Å². The average molecular weight is 462 g/mol. The molecule has 1 unspecified atom stereocenters. The van der Waals surface area contributed by atoms with E-state index >= 15 is 0 Å². The van der Waals surface area contributed by atoms with Crippen molar-refractivity contribution in [3.8, 4) is 0 Å². The Hall–Kier alpha value is -2.33. The molecule has 2 heterocycles. The molecule has 2 aliphatic rings. The number of piperidine rings is 1. The molecule has 0 radical (unpaired) electrons. The second-order valence-corrected chi connectivity index (χ2v) is 10.1. The van der Waals surface area contributed by atoms with Gasteiger partial charge in [0.15, 0.2) is 0 Å². The summed E-state index contributed by atoms with van der Waals surface area (Å²) in [5.74, 6) is -1.22. The van der Waals surface area contributed by atoms with Gasteiger partial charge in [-0.1, -0.05) is 30.3 Å². The number of hydrogen-bond donors (Lipinski definition) is 1. The standard InChI is InChI=1S/C23H28FN3O4S/c24-21-9-8-20(15-22(21)32(29,30)27-11-13-31-14-12-27)25-23(28)19-7-4-10-26(17-19)16-18-5-2-1-3-6-18/h1-3,5-6,8-9,15,19H,4,7,10-14,16-17H2,(H,25,28). The van der Waals surface area contributed by atoms with E-state index in [0.29, 0.717) is 6.54 Å². The molecule has 2 aromatic rings. The van der Waals surface area contributed by atoms with Crippen LogP contribution in [0.4, 0.5) is 10.1 Å². The second-order valence-electron chi connectivity index (χ2n) is 8.21. The normalized spacial score (nSPS) is 20.7. The molecule has 0 aromatic heterocycles. The lowest BCUT2D eigenvalue weighted by Crippen LogP contribution is -2.41. The number of nitrogens with one attached hydrogen (secondary N) is 1. The van der Waals surface area contributed by atoms with Crippen molar-refractivity contribution in [1.82, 2.24) is 9.21 Å². The van der Waals surface area contributed by atoms with Crippen molar-refractivity contribution < 1.29 is 22.3 Å². The fourth-order valence-electron chi connectivity index (χ4n) is 4.20. The average Bonchev–Trinajstić information content (AvgIpc) is 2.81. The molecule has 0 bridgehead atoms. The van der Waals surface area contributed by atoms with Crippen molar-refractivity contribution in [1.29, 1.82) is 0 Å². The highest BCUT2D eigenvalue weighted by atomic mass is 32.2. The minimum atomic E-state index is -4.00. The van der Waals surface area contributed by atoms with Crippen molar-refractivity contribution in [3.63, 3.8) is 0 Å². The van der Waals surface area contributed by atoms with E-state index in [0.717, 1.165) is 32.0 Å². The molecule has 0 saturated carbocycles. The maximum absolute atomic E-state index is 14.4. The van der Waals surface area contributed by atoms with Crippen LogP contribution in [0.15, 0.2) is 53.4 Å². The Kier molecular flexibility index (Phi) is 7.20. The number of morpholine rings is 1. The molecule has 32 heavy (non-hydrogen) atoms. The predicted octanol–water partition coefficient (Wildman–Crippen LogP) is 2.70. The van der Waals surface area contributed by atoms with Crippen LogP contribution in [-0.2, 0) is 26.1 Å². The monoisotopic (exact) mass is 461 g/mol. The fraction of sp³-hybridized carbons (Fsp3) is 0.435. The lowest BCUT2D eigenvalue weighted by molar-refractivity contribution is -0.121. The summed E-state index contributed by atoms with van der Waals surface area (Å²) in [5, 5.41) is 2.80. The van der Waals surface area contributed by atoms with E-state index in [1.165, 1.54) is 22.0 Å². The zero-order valence-electron chi connectivity index (χ0n) is 17.9. The summed E-state index contributed by atoms with van der Waals surface area (Å²) in [6, 6.07) is 13.8. The topological polar surface area (TPSA) is 79.0 Å². The van der Waals surface area contributed by atoms with Crippen molar-refractivity contribution in [3.05, 3.63) is 59.9 Å². The molecule has 1 atom stereocenters. The summed E-state index contributed by atoms with van der Waals surface area (Å²) in [5.41, 5.74) is 1.48. The summed E-state index contributed by atoms with van der Waals surface area (Å²) in [6.45, 7) is 3.24. The number of nitrogens with zero attached hydrogens (tertiary/aromatic N) is 2. The number of carbonyl (C=O) groups excluding carboxylic acids is 1. The molecule has 172 valence electrons. The molecule has 9 heteroatoms. The van der Waals surface area contributed by atoms with Crippen molar-refractivity contribution in [2.24, 2.45) is 5.92 Å². The predicted molar refractivity (Wildman–Crippen MR) is 119 cm³/mol. The second kappa shape index (κ2) is 10.1. The van der Waals surface area contributed by atoms with Gasteiger partial charge in [0.25, 0.3) is 0 Å². The summed E-state index contributed by atoms with van der Waals surface area (Å²) < 4.78 is 46.6. The zero-order valence-corrected chi connectivity index (χ0v) is 18.7. The number of halogens is 1. The first-order valence-electron chi connectivity index (χ1n) is 10.9. The molecule has 2 fully saturated rings. The maximum Gasteiger partial charge on any atom is 0.246 e. The van der Waals surface area contributed by atoms with E-state index in [1.807, 2.05) is 18.2 Å². The van der Waals surface area contributed by atoms with Gasteiger partial charge >= 0.3 is 0 Å². The number of amides is 1. The zero-order chi connectivity index (χ0) is 22.6. The van der Waals surface area contributed by atoms with Crippen LogP contribution >= 0.6 is 0 Å². The Morgan fingerprint density at radius 3 is 2.59 bits per heavy atom. The molecule has 1 amide bonds. The molecule has 4 rings (SSSR count). The van der Waals surface area contributed by atoms with Gasteiger partial charge < -0.3 is 10.1 Å².